The van der Waals surface area contributed by atoms with Crippen molar-refractivity contribution >= 4 is 22.3 Å². The Morgan fingerprint density at radius 2 is 1.76 bits per heavy atom. The van der Waals surface area contributed by atoms with Gasteiger partial charge in [0.05, 0.1) is 23.0 Å². The molecule has 2 aromatic carbocycles. The number of carboxylic acids is 1. The van der Waals surface area contributed by atoms with Gasteiger partial charge >= 0.3 is 5.97 Å². The summed E-state index contributed by atoms with van der Waals surface area (Å²) in [6.45, 7) is 0. The minimum absolute atomic E-state index is 0.0510. The summed E-state index contributed by atoms with van der Waals surface area (Å²) in [5.41, 5.74) is 3.68. The van der Waals surface area contributed by atoms with Crippen molar-refractivity contribution in [2.24, 2.45) is 0 Å². The monoisotopic (exact) mass is 298 g/mol. The highest BCUT2D eigenvalue weighted by atomic mass is 32.2. The molecule has 0 fully saturated rings. The molecule has 0 radical (unpaired) electrons. The molecule has 0 aromatic heterocycles. The predicted octanol–water partition coefficient (Wildman–Crippen LogP) is 3.21. The summed E-state index contributed by atoms with van der Waals surface area (Å²) in [6.07, 6.45) is 1.66. The Kier molecular flexibility index (Phi) is 3.71. The molecule has 0 amide bonds. The van der Waals surface area contributed by atoms with E-state index < -0.39 is 16.8 Å². The standard InChI is InChI=1S/C17H14O3S/c18-17(19)10-9-14-13-6-2-1-5-12(13)11-21(20)16-8-4-3-7-15(14)16/h1-9H,10-11H2,(H,18,19)/b14-9+/t21-/m0/s1. The van der Waals surface area contributed by atoms with Gasteiger partial charge in [-0.1, -0.05) is 48.5 Å². The van der Waals surface area contributed by atoms with Crippen molar-refractivity contribution in [1.29, 1.82) is 0 Å². The summed E-state index contributed by atoms with van der Waals surface area (Å²) in [6, 6.07) is 15.3. The van der Waals surface area contributed by atoms with Gasteiger partial charge in [0.2, 0.25) is 0 Å². The Morgan fingerprint density at radius 1 is 1.10 bits per heavy atom. The van der Waals surface area contributed by atoms with Crippen LogP contribution >= 0.6 is 0 Å². The second-order valence-corrected chi connectivity index (χ2v) is 6.28. The van der Waals surface area contributed by atoms with E-state index in [1.807, 2.05) is 48.5 Å². The first-order chi connectivity index (χ1) is 10.2. The molecule has 1 aliphatic rings. The Bertz CT molecular complexity index is 762. The average Bonchev–Trinajstić information content (AvgIpc) is 2.60. The maximum absolute atomic E-state index is 12.5. The van der Waals surface area contributed by atoms with Crippen LogP contribution in [0.15, 0.2) is 59.5 Å². The van der Waals surface area contributed by atoms with Crippen molar-refractivity contribution in [3.05, 3.63) is 71.3 Å². The third kappa shape index (κ3) is 2.67. The molecular weight excluding hydrogens is 284 g/mol. The molecular formula is C17H14O3S. The highest BCUT2D eigenvalue weighted by molar-refractivity contribution is 7.84. The number of carboxylic acid groups (broad SMARTS) is 1. The summed E-state index contributed by atoms with van der Waals surface area (Å²) < 4.78 is 12.5. The van der Waals surface area contributed by atoms with Crippen molar-refractivity contribution < 1.29 is 14.1 Å². The Hall–Kier alpha value is -2.20. The minimum Gasteiger partial charge on any atom is -0.481 e. The lowest BCUT2D eigenvalue weighted by molar-refractivity contribution is -0.135. The summed E-state index contributed by atoms with van der Waals surface area (Å²) in [5.74, 6) is -0.416. The molecule has 1 heterocycles. The largest absolute Gasteiger partial charge is 0.481 e. The summed E-state index contributed by atoms with van der Waals surface area (Å²) in [5, 5.41) is 8.96. The maximum atomic E-state index is 12.5. The molecule has 0 saturated heterocycles. The molecule has 2 aromatic rings. The number of fused-ring (bicyclic) bond motifs is 2. The SMILES string of the molecule is O=C(O)C/C=C1\c2ccccc2C[S@](=O)c2ccccc21. The lowest BCUT2D eigenvalue weighted by atomic mass is 9.93. The molecule has 0 spiro atoms. The minimum atomic E-state index is -1.12. The normalized spacial score (nSPS) is 18.7. The quantitative estimate of drug-likeness (QED) is 0.926. The molecule has 4 heteroatoms. The molecule has 1 aliphatic heterocycles. The van der Waals surface area contributed by atoms with Crippen molar-refractivity contribution in [3.63, 3.8) is 0 Å². The zero-order valence-corrected chi connectivity index (χ0v) is 12.1. The number of hydrogen-bond acceptors (Lipinski definition) is 2. The summed E-state index contributed by atoms with van der Waals surface area (Å²) in [4.78, 5) is 11.7. The van der Waals surface area contributed by atoms with Gasteiger partial charge in [-0.2, -0.15) is 0 Å². The molecule has 0 aliphatic carbocycles. The van der Waals surface area contributed by atoms with Gasteiger partial charge in [0.1, 0.15) is 0 Å². The van der Waals surface area contributed by atoms with Crippen LogP contribution in [0.25, 0.3) is 5.57 Å². The second kappa shape index (κ2) is 5.66. The lowest BCUT2D eigenvalue weighted by Crippen LogP contribution is -1.96. The van der Waals surface area contributed by atoms with Crippen LogP contribution in [0.1, 0.15) is 23.1 Å². The van der Waals surface area contributed by atoms with Crippen LogP contribution in [0.3, 0.4) is 0 Å². The summed E-state index contributed by atoms with van der Waals surface area (Å²) >= 11 is 0. The highest BCUT2D eigenvalue weighted by Crippen LogP contribution is 2.35. The molecule has 106 valence electrons. The molecule has 1 N–H and O–H groups in total. The van der Waals surface area contributed by atoms with Gasteiger partial charge < -0.3 is 5.11 Å². The van der Waals surface area contributed by atoms with Gasteiger partial charge in [-0.25, -0.2) is 0 Å². The zero-order chi connectivity index (χ0) is 14.8. The smallest absolute Gasteiger partial charge is 0.307 e. The molecule has 3 rings (SSSR count). The molecule has 21 heavy (non-hydrogen) atoms. The maximum Gasteiger partial charge on any atom is 0.307 e. The van der Waals surface area contributed by atoms with Crippen LogP contribution in [0.2, 0.25) is 0 Å². The van der Waals surface area contributed by atoms with E-state index in [1.54, 1.807) is 6.08 Å². The van der Waals surface area contributed by atoms with Gasteiger partial charge in [0, 0.05) is 4.90 Å². The van der Waals surface area contributed by atoms with Crippen LogP contribution in [0.5, 0.6) is 0 Å². The first kappa shape index (κ1) is 13.8. The molecule has 0 saturated carbocycles. The van der Waals surface area contributed by atoms with Gasteiger partial charge in [-0.15, -0.1) is 0 Å². The molecule has 3 nitrogen and oxygen atoms in total. The Morgan fingerprint density at radius 3 is 2.52 bits per heavy atom. The Labute approximate surface area is 125 Å². The van der Waals surface area contributed by atoms with E-state index in [2.05, 4.69) is 0 Å². The predicted molar refractivity (Wildman–Crippen MR) is 82.3 cm³/mol. The Balaban J connectivity index is 2.26. The molecule has 0 unspecified atom stereocenters. The third-order valence-corrected chi connectivity index (χ3v) is 4.92. The van der Waals surface area contributed by atoms with Crippen LogP contribution in [0, 0.1) is 0 Å². The van der Waals surface area contributed by atoms with E-state index in [4.69, 9.17) is 5.11 Å². The number of benzene rings is 2. The highest BCUT2D eigenvalue weighted by Gasteiger charge is 2.21. The van der Waals surface area contributed by atoms with Crippen molar-refractivity contribution in [3.8, 4) is 0 Å². The topological polar surface area (TPSA) is 54.4 Å². The molecule has 1 atom stereocenters. The number of carbonyl (C=O) groups is 1. The third-order valence-electron chi connectivity index (χ3n) is 3.50. The van der Waals surface area contributed by atoms with Crippen LogP contribution in [-0.4, -0.2) is 15.3 Å². The van der Waals surface area contributed by atoms with E-state index in [1.165, 1.54) is 0 Å². The fraction of sp³-hybridized carbons (Fsp3) is 0.118. The average molecular weight is 298 g/mol. The second-order valence-electron chi connectivity index (χ2n) is 4.86. The fourth-order valence-corrected chi connectivity index (χ4v) is 3.91. The summed E-state index contributed by atoms with van der Waals surface area (Å²) in [7, 11) is -1.12. The van der Waals surface area contributed by atoms with E-state index in [-0.39, 0.29) is 6.42 Å². The van der Waals surface area contributed by atoms with Crippen LogP contribution in [0.4, 0.5) is 0 Å². The van der Waals surface area contributed by atoms with Gasteiger partial charge in [-0.3, -0.25) is 9.00 Å². The van der Waals surface area contributed by atoms with E-state index in [9.17, 15) is 9.00 Å². The van der Waals surface area contributed by atoms with E-state index in [0.29, 0.717) is 5.75 Å². The number of rotatable bonds is 2. The fourth-order valence-electron chi connectivity index (χ4n) is 2.57. The van der Waals surface area contributed by atoms with Gasteiger partial charge in [-0.05, 0) is 28.3 Å². The van der Waals surface area contributed by atoms with Crippen LogP contribution < -0.4 is 0 Å². The van der Waals surface area contributed by atoms with Crippen LogP contribution in [-0.2, 0) is 21.3 Å². The van der Waals surface area contributed by atoms with Gasteiger partial charge in [0.25, 0.3) is 0 Å². The molecule has 0 bridgehead atoms. The lowest BCUT2D eigenvalue weighted by Gasteiger charge is -2.10. The van der Waals surface area contributed by atoms with E-state index >= 15 is 0 Å². The number of aliphatic carboxylic acids is 1. The van der Waals surface area contributed by atoms with Crippen molar-refractivity contribution in [2.75, 3.05) is 0 Å². The van der Waals surface area contributed by atoms with E-state index in [0.717, 1.165) is 27.2 Å². The zero-order valence-electron chi connectivity index (χ0n) is 11.3. The first-order valence-corrected chi connectivity index (χ1v) is 7.96. The number of hydrogen-bond donors (Lipinski definition) is 1. The first-order valence-electron chi connectivity index (χ1n) is 6.65. The van der Waals surface area contributed by atoms with Crippen molar-refractivity contribution in [1.82, 2.24) is 0 Å². The van der Waals surface area contributed by atoms with Gasteiger partial charge in [0.15, 0.2) is 0 Å². The van der Waals surface area contributed by atoms with Crippen molar-refractivity contribution in [2.45, 2.75) is 17.1 Å².